The molecule has 296 valence electrons. The van der Waals surface area contributed by atoms with Crippen LogP contribution in [0.4, 0.5) is 17.1 Å². The summed E-state index contributed by atoms with van der Waals surface area (Å²) in [4.78, 5) is 2.53. The Morgan fingerprint density at radius 1 is 0.333 bits per heavy atom. The molecule has 1 aromatic heterocycles. The standard InChI is InChI=1S/C61H41NS/c1-61(2)56-24-11-9-21-49(56)50-32-31-42(35-57(50)61)62(41-29-26-39(27-30-41)44-23-13-15-38-14-3-4-16-43(38)44)58-37-54-48-20-8-6-18-46(48)45-17-5-7-19-47(45)53(54)36-52(58)40-28-33-60-55(34-40)51-22-10-12-25-59(51)63-60/h3-37H,1-2H3. The summed E-state index contributed by atoms with van der Waals surface area (Å²) < 4.78 is 2.62. The molecular weight excluding hydrogens is 779 g/mol. The van der Waals surface area contributed by atoms with Gasteiger partial charge in [0.25, 0.3) is 0 Å². The first-order chi connectivity index (χ1) is 31.0. The zero-order valence-electron chi connectivity index (χ0n) is 35.1. The van der Waals surface area contributed by atoms with Crippen molar-refractivity contribution in [1.82, 2.24) is 0 Å². The van der Waals surface area contributed by atoms with Crippen molar-refractivity contribution in [3.05, 3.63) is 223 Å². The van der Waals surface area contributed by atoms with Gasteiger partial charge in [-0.1, -0.05) is 172 Å². The number of anilines is 3. The van der Waals surface area contributed by atoms with Crippen LogP contribution in [0.2, 0.25) is 0 Å². The van der Waals surface area contributed by atoms with E-state index in [-0.39, 0.29) is 5.41 Å². The number of benzene rings is 11. The van der Waals surface area contributed by atoms with Crippen molar-refractivity contribution < 1.29 is 0 Å². The minimum absolute atomic E-state index is 0.155. The Hall–Kier alpha value is -7.52. The molecule has 0 N–H and O–H groups in total. The van der Waals surface area contributed by atoms with Crippen molar-refractivity contribution in [1.29, 1.82) is 0 Å². The van der Waals surface area contributed by atoms with Gasteiger partial charge in [0.15, 0.2) is 0 Å². The molecule has 0 fully saturated rings. The summed E-state index contributed by atoms with van der Waals surface area (Å²) in [6, 6.07) is 79.5. The SMILES string of the molecule is CC1(C)c2ccccc2-c2ccc(N(c3ccc(-c4cccc5ccccc45)cc3)c3cc4c5ccccc5c5ccccc5c4cc3-c3ccc4sc5ccccc5c4c3)cc21. The molecule has 1 aliphatic rings. The van der Waals surface area contributed by atoms with E-state index in [1.165, 1.54) is 108 Å². The van der Waals surface area contributed by atoms with Crippen LogP contribution in [0.1, 0.15) is 25.0 Å². The van der Waals surface area contributed by atoms with Crippen molar-refractivity contribution >= 4 is 91.7 Å². The normalized spacial score (nSPS) is 13.0. The smallest absolute Gasteiger partial charge is 0.0546 e. The quantitative estimate of drug-likeness (QED) is 0.156. The van der Waals surface area contributed by atoms with E-state index in [9.17, 15) is 0 Å². The third kappa shape index (κ3) is 5.48. The van der Waals surface area contributed by atoms with E-state index >= 15 is 0 Å². The monoisotopic (exact) mass is 819 g/mol. The van der Waals surface area contributed by atoms with Gasteiger partial charge in [0, 0.05) is 42.5 Å². The zero-order chi connectivity index (χ0) is 41.8. The molecule has 2 heteroatoms. The first-order valence-corrected chi connectivity index (χ1v) is 22.7. The largest absolute Gasteiger partial charge is 0.310 e. The highest BCUT2D eigenvalue weighted by Gasteiger charge is 2.36. The first-order valence-electron chi connectivity index (χ1n) is 21.9. The molecule has 0 radical (unpaired) electrons. The van der Waals surface area contributed by atoms with Crippen LogP contribution >= 0.6 is 11.3 Å². The number of hydrogen-bond acceptors (Lipinski definition) is 2. The number of thiophene rings is 1. The Labute approximate surface area is 370 Å². The maximum Gasteiger partial charge on any atom is 0.0546 e. The lowest BCUT2D eigenvalue weighted by Gasteiger charge is -2.30. The molecule has 1 aliphatic carbocycles. The lowest BCUT2D eigenvalue weighted by atomic mass is 9.82. The van der Waals surface area contributed by atoms with E-state index in [1.807, 2.05) is 11.3 Å². The third-order valence-electron chi connectivity index (χ3n) is 13.8. The van der Waals surface area contributed by atoms with Gasteiger partial charge in [-0.3, -0.25) is 0 Å². The lowest BCUT2D eigenvalue weighted by Crippen LogP contribution is -2.17. The molecule has 0 unspecified atom stereocenters. The molecule has 12 aromatic rings. The molecule has 11 aromatic carbocycles. The van der Waals surface area contributed by atoms with Crippen molar-refractivity contribution in [2.75, 3.05) is 4.90 Å². The fourth-order valence-electron chi connectivity index (χ4n) is 10.8. The Morgan fingerprint density at radius 2 is 0.889 bits per heavy atom. The van der Waals surface area contributed by atoms with Gasteiger partial charge in [-0.2, -0.15) is 0 Å². The van der Waals surface area contributed by atoms with E-state index in [0.29, 0.717) is 0 Å². The van der Waals surface area contributed by atoms with Crippen LogP contribution in [-0.4, -0.2) is 0 Å². The summed E-state index contributed by atoms with van der Waals surface area (Å²) >= 11 is 1.87. The van der Waals surface area contributed by atoms with Crippen LogP contribution < -0.4 is 4.90 Å². The Morgan fingerprint density at radius 3 is 1.67 bits per heavy atom. The molecule has 0 spiro atoms. The predicted octanol–water partition coefficient (Wildman–Crippen LogP) is 17.8. The molecule has 0 bridgehead atoms. The Balaban J connectivity index is 1.12. The number of hydrogen-bond donors (Lipinski definition) is 0. The topological polar surface area (TPSA) is 3.24 Å². The highest BCUT2D eigenvalue weighted by atomic mass is 32.1. The van der Waals surface area contributed by atoms with Crippen molar-refractivity contribution in [3.63, 3.8) is 0 Å². The second-order valence-electron chi connectivity index (χ2n) is 17.6. The van der Waals surface area contributed by atoms with Crippen molar-refractivity contribution in [3.8, 4) is 33.4 Å². The summed E-state index contributed by atoms with van der Waals surface area (Å²) in [6.07, 6.45) is 0. The fourth-order valence-corrected chi connectivity index (χ4v) is 11.9. The van der Waals surface area contributed by atoms with Gasteiger partial charge >= 0.3 is 0 Å². The highest BCUT2D eigenvalue weighted by Crippen LogP contribution is 2.53. The van der Waals surface area contributed by atoms with Crippen molar-refractivity contribution in [2.24, 2.45) is 0 Å². The van der Waals surface area contributed by atoms with Gasteiger partial charge in [0.1, 0.15) is 0 Å². The lowest BCUT2D eigenvalue weighted by molar-refractivity contribution is 0.660. The van der Waals surface area contributed by atoms with Gasteiger partial charge in [-0.25, -0.2) is 0 Å². The highest BCUT2D eigenvalue weighted by molar-refractivity contribution is 7.25. The second-order valence-corrected chi connectivity index (χ2v) is 18.7. The molecule has 1 heterocycles. The molecule has 0 amide bonds. The number of rotatable bonds is 5. The van der Waals surface area contributed by atoms with Crippen LogP contribution in [0.5, 0.6) is 0 Å². The molecular formula is C61H41NS. The van der Waals surface area contributed by atoms with Gasteiger partial charge in [0.05, 0.1) is 5.69 Å². The van der Waals surface area contributed by atoms with E-state index < -0.39 is 0 Å². The molecule has 0 atom stereocenters. The van der Waals surface area contributed by atoms with Crippen LogP contribution in [0.15, 0.2) is 212 Å². The number of nitrogens with zero attached hydrogens (tertiary/aromatic N) is 1. The zero-order valence-corrected chi connectivity index (χ0v) is 35.9. The summed E-state index contributed by atoms with van der Waals surface area (Å²) in [5.74, 6) is 0. The third-order valence-corrected chi connectivity index (χ3v) is 15.0. The summed E-state index contributed by atoms with van der Waals surface area (Å²) in [5, 5.41) is 12.7. The predicted molar refractivity (Wildman–Crippen MR) is 272 cm³/mol. The van der Waals surface area contributed by atoms with Crippen molar-refractivity contribution in [2.45, 2.75) is 19.3 Å². The molecule has 1 nitrogen and oxygen atoms in total. The summed E-state index contributed by atoms with van der Waals surface area (Å²) in [7, 11) is 0. The molecule has 0 aliphatic heterocycles. The maximum atomic E-state index is 2.53. The van der Waals surface area contributed by atoms with Crippen LogP contribution in [0, 0.1) is 0 Å². The number of fused-ring (bicyclic) bond motifs is 13. The molecule has 0 saturated carbocycles. The summed E-state index contributed by atoms with van der Waals surface area (Å²) in [6.45, 7) is 4.76. The molecule has 13 rings (SSSR count). The minimum atomic E-state index is -0.155. The van der Waals surface area contributed by atoms with E-state index in [0.717, 1.165) is 17.1 Å². The molecule has 0 saturated heterocycles. The fraction of sp³-hybridized carbons (Fsp3) is 0.0492. The van der Waals surface area contributed by atoms with Crippen LogP contribution in [0.25, 0.3) is 96.6 Å². The van der Waals surface area contributed by atoms with Crippen LogP contribution in [-0.2, 0) is 5.41 Å². The summed E-state index contributed by atoms with van der Waals surface area (Å²) in [5.41, 5.74) is 13.5. The second kappa shape index (κ2) is 13.7. The molecule has 63 heavy (non-hydrogen) atoms. The van der Waals surface area contributed by atoms with E-state index in [4.69, 9.17) is 0 Å². The van der Waals surface area contributed by atoms with Crippen LogP contribution in [0.3, 0.4) is 0 Å². The van der Waals surface area contributed by atoms with Gasteiger partial charge < -0.3 is 4.90 Å². The van der Waals surface area contributed by atoms with E-state index in [2.05, 4.69) is 231 Å². The van der Waals surface area contributed by atoms with Gasteiger partial charge in [-0.15, -0.1) is 11.3 Å². The average molecular weight is 820 g/mol. The first kappa shape index (κ1) is 36.2. The van der Waals surface area contributed by atoms with Gasteiger partial charge in [-0.05, 0) is 137 Å². The van der Waals surface area contributed by atoms with E-state index in [1.54, 1.807) is 0 Å². The Kier molecular flexibility index (Phi) is 7.89. The van der Waals surface area contributed by atoms with Gasteiger partial charge in [0.2, 0.25) is 0 Å². The Bertz CT molecular complexity index is 3830. The maximum absolute atomic E-state index is 2.53. The minimum Gasteiger partial charge on any atom is -0.310 e. The average Bonchev–Trinajstić information content (AvgIpc) is 3.82.